The van der Waals surface area contributed by atoms with Crippen LogP contribution in [0.25, 0.3) is 11.1 Å². The Labute approximate surface area is 102 Å². The smallest absolute Gasteiger partial charge is 0.135 e. The number of aryl methyl sites for hydroxylation is 2. The zero-order chi connectivity index (χ0) is 10.8. The molecule has 0 amide bonds. The number of aromatic nitrogens is 1. The van der Waals surface area contributed by atoms with E-state index in [2.05, 4.69) is 31.4 Å². The lowest BCUT2D eigenvalue weighted by Gasteiger charge is -2.03. The first kappa shape index (κ1) is 10.5. The van der Waals surface area contributed by atoms with Gasteiger partial charge in [0.1, 0.15) is 11.6 Å². The number of furan rings is 1. The zero-order valence-corrected chi connectivity index (χ0v) is 10.7. The van der Waals surface area contributed by atoms with Gasteiger partial charge in [-0.05, 0) is 37.1 Å². The molecule has 2 aromatic heterocycles. The first-order valence-electron chi connectivity index (χ1n) is 4.60. The summed E-state index contributed by atoms with van der Waals surface area (Å²) in [6.45, 7) is 4.02. The number of hydrogen-bond donors (Lipinski definition) is 1. The van der Waals surface area contributed by atoms with Crippen LogP contribution in [0.4, 0.5) is 5.82 Å². The average molecular weight is 314 g/mol. The molecule has 15 heavy (non-hydrogen) atoms. The topological polar surface area (TPSA) is 38.1 Å². The van der Waals surface area contributed by atoms with Crippen LogP contribution in [-0.4, -0.2) is 4.98 Å². The second-order valence-corrected chi connectivity index (χ2v) is 3.91. The summed E-state index contributed by atoms with van der Waals surface area (Å²) in [5.74, 6) is 1.80. The van der Waals surface area contributed by atoms with Crippen molar-refractivity contribution >= 4 is 28.7 Å². The van der Waals surface area contributed by atoms with E-state index in [1.807, 2.05) is 26.0 Å². The lowest BCUT2D eigenvalue weighted by molar-refractivity contribution is 0.534. The third-order valence-electron chi connectivity index (χ3n) is 2.30. The molecule has 78 valence electrons. The summed E-state index contributed by atoms with van der Waals surface area (Å²) in [6, 6.07) is 4.00. The Balaban J connectivity index is 2.53. The Morgan fingerprint density at radius 2 is 2.20 bits per heavy atom. The first-order valence-corrected chi connectivity index (χ1v) is 5.68. The molecular weight excluding hydrogens is 303 g/mol. The summed E-state index contributed by atoms with van der Waals surface area (Å²) in [6.07, 6.45) is 3.57. The lowest BCUT2D eigenvalue weighted by atomic mass is 10.0. The summed E-state index contributed by atoms with van der Waals surface area (Å²) in [4.78, 5) is 4.18. The number of rotatable bonds is 2. The third kappa shape index (κ3) is 1.99. The van der Waals surface area contributed by atoms with Gasteiger partial charge in [-0.3, -0.25) is 0 Å². The van der Waals surface area contributed by atoms with Crippen molar-refractivity contribution in [2.24, 2.45) is 0 Å². The van der Waals surface area contributed by atoms with Gasteiger partial charge in [-0.25, -0.2) is 4.98 Å². The Kier molecular flexibility index (Phi) is 2.95. The Hall–Kier alpha value is -1.04. The SMILES string of the molecule is Cc1coc(C)c1-c1ccnc(NI)c1. The zero-order valence-electron chi connectivity index (χ0n) is 8.54. The minimum absolute atomic E-state index is 0.855. The molecule has 2 aromatic rings. The third-order valence-corrected chi connectivity index (χ3v) is 2.86. The number of halogens is 1. The van der Waals surface area contributed by atoms with E-state index in [0.717, 1.165) is 28.3 Å². The van der Waals surface area contributed by atoms with E-state index in [4.69, 9.17) is 4.42 Å². The van der Waals surface area contributed by atoms with E-state index in [9.17, 15) is 0 Å². The molecule has 0 bridgehead atoms. The van der Waals surface area contributed by atoms with Crippen molar-refractivity contribution in [3.63, 3.8) is 0 Å². The fraction of sp³-hybridized carbons (Fsp3) is 0.182. The van der Waals surface area contributed by atoms with Crippen molar-refractivity contribution in [3.8, 4) is 11.1 Å². The highest BCUT2D eigenvalue weighted by Gasteiger charge is 2.09. The normalized spacial score (nSPS) is 10.3. The molecular formula is C11H11IN2O. The summed E-state index contributed by atoms with van der Waals surface area (Å²) in [5, 5.41) is 0. The van der Waals surface area contributed by atoms with Gasteiger partial charge >= 0.3 is 0 Å². The van der Waals surface area contributed by atoms with Crippen LogP contribution >= 0.6 is 22.9 Å². The minimum Gasteiger partial charge on any atom is -0.469 e. The van der Waals surface area contributed by atoms with Crippen LogP contribution in [0, 0.1) is 13.8 Å². The standard InChI is InChI=1S/C11H11IN2O/c1-7-6-15-8(2)11(7)9-3-4-13-10(5-9)14-12/h3-6H,1-2H3,(H,13,14). The molecule has 1 N–H and O–H groups in total. The van der Waals surface area contributed by atoms with E-state index in [1.165, 1.54) is 0 Å². The Morgan fingerprint density at radius 3 is 2.80 bits per heavy atom. The number of nitrogens with zero attached hydrogens (tertiary/aromatic N) is 1. The van der Waals surface area contributed by atoms with Crippen molar-refractivity contribution in [1.29, 1.82) is 0 Å². The van der Waals surface area contributed by atoms with Crippen molar-refractivity contribution in [2.75, 3.05) is 3.53 Å². The van der Waals surface area contributed by atoms with Crippen LogP contribution in [0.3, 0.4) is 0 Å². The molecule has 0 aliphatic heterocycles. The van der Waals surface area contributed by atoms with Gasteiger partial charge in [-0.1, -0.05) is 0 Å². The summed E-state index contributed by atoms with van der Waals surface area (Å²) in [7, 11) is 0. The van der Waals surface area contributed by atoms with Gasteiger partial charge in [0.05, 0.1) is 29.1 Å². The highest BCUT2D eigenvalue weighted by molar-refractivity contribution is 14.1. The predicted octanol–water partition coefficient (Wildman–Crippen LogP) is 3.72. The number of hydrogen-bond acceptors (Lipinski definition) is 3. The highest BCUT2D eigenvalue weighted by atomic mass is 127. The lowest BCUT2D eigenvalue weighted by Crippen LogP contribution is -1.87. The first-order chi connectivity index (χ1) is 7.22. The van der Waals surface area contributed by atoms with Gasteiger partial charge < -0.3 is 7.95 Å². The van der Waals surface area contributed by atoms with Crippen LogP contribution in [0.5, 0.6) is 0 Å². The van der Waals surface area contributed by atoms with Gasteiger partial charge in [0.15, 0.2) is 0 Å². The number of anilines is 1. The number of pyridine rings is 1. The summed E-state index contributed by atoms with van der Waals surface area (Å²) >= 11 is 2.07. The summed E-state index contributed by atoms with van der Waals surface area (Å²) in [5.41, 5.74) is 3.44. The van der Waals surface area contributed by atoms with Gasteiger partial charge in [0, 0.05) is 11.8 Å². The van der Waals surface area contributed by atoms with Crippen LogP contribution in [0.2, 0.25) is 0 Å². The van der Waals surface area contributed by atoms with E-state index in [1.54, 1.807) is 12.5 Å². The molecule has 3 nitrogen and oxygen atoms in total. The molecule has 0 atom stereocenters. The van der Waals surface area contributed by atoms with Crippen molar-refractivity contribution in [2.45, 2.75) is 13.8 Å². The van der Waals surface area contributed by atoms with Crippen LogP contribution < -0.4 is 3.53 Å². The second kappa shape index (κ2) is 4.22. The molecule has 0 radical (unpaired) electrons. The number of nitrogens with one attached hydrogen (secondary N) is 1. The van der Waals surface area contributed by atoms with Gasteiger partial charge in [-0.15, -0.1) is 0 Å². The maximum absolute atomic E-state index is 5.38. The minimum atomic E-state index is 0.855. The van der Waals surface area contributed by atoms with Gasteiger partial charge in [0.2, 0.25) is 0 Å². The van der Waals surface area contributed by atoms with Crippen molar-refractivity contribution in [1.82, 2.24) is 4.98 Å². The van der Waals surface area contributed by atoms with E-state index in [-0.39, 0.29) is 0 Å². The molecule has 0 aliphatic carbocycles. The fourth-order valence-corrected chi connectivity index (χ4v) is 1.94. The van der Waals surface area contributed by atoms with Gasteiger partial charge in [0.25, 0.3) is 0 Å². The molecule has 4 heteroatoms. The van der Waals surface area contributed by atoms with E-state index in [0.29, 0.717) is 0 Å². The average Bonchev–Trinajstić information content (AvgIpc) is 2.59. The maximum Gasteiger partial charge on any atom is 0.135 e. The predicted molar refractivity (Wildman–Crippen MR) is 69.1 cm³/mol. The van der Waals surface area contributed by atoms with Crippen LogP contribution in [-0.2, 0) is 0 Å². The van der Waals surface area contributed by atoms with E-state index >= 15 is 0 Å². The van der Waals surface area contributed by atoms with E-state index < -0.39 is 0 Å². The highest BCUT2D eigenvalue weighted by Crippen LogP contribution is 2.29. The van der Waals surface area contributed by atoms with Crippen LogP contribution in [0.15, 0.2) is 29.0 Å². The largest absolute Gasteiger partial charge is 0.469 e. The molecule has 0 fully saturated rings. The van der Waals surface area contributed by atoms with Crippen molar-refractivity contribution in [3.05, 3.63) is 35.9 Å². The monoisotopic (exact) mass is 314 g/mol. The molecule has 0 aliphatic rings. The Bertz CT molecular complexity index is 460. The molecule has 2 heterocycles. The van der Waals surface area contributed by atoms with Crippen LogP contribution in [0.1, 0.15) is 11.3 Å². The summed E-state index contributed by atoms with van der Waals surface area (Å²) < 4.78 is 8.38. The van der Waals surface area contributed by atoms with Gasteiger partial charge in [-0.2, -0.15) is 0 Å². The Morgan fingerprint density at radius 1 is 1.40 bits per heavy atom. The molecule has 0 aromatic carbocycles. The molecule has 0 saturated heterocycles. The molecule has 0 spiro atoms. The maximum atomic E-state index is 5.38. The quantitative estimate of drug-likeness (QED) is 0.678. The molecule has 2 rings (SSSR count). The fourth-order valence-electron chi connectivity index (χ4n) is 1.64. The van der Waals surface area contributed by atoms with Crippen molar-refractivity contribution < 1.29 is 4.42 Å². The molecule has 0 saturated carbocycles. The second-order valence-electron chi connectivity index (χ2n) is 3.37. The molecule has 0 unspecified atom stereocenters.